The van der Waals surface area contributed by atoms with E-state index in [1.54, 1.807) is 8.97 Å². The highest BCUT2D eigenvalue weighted by atomic mass is 16.5. The minimum atomic E-state index is -0.232. The largest absolute Gasteiger partial charge is 0.394 e. The standard InChI is InChI=1S/C23H21N5O3/c29-11-12-31-16-26-15-24-20-21(26)25-23-27(13-17-7-3-1-4-8-17)19(14-28(23)22(20)30)18-9-5-2-6-10-18/h1-10,14-15,29H,11-13,16H2. The number of rotatable bonds is 7. The van der Waals surface area contributed by atoms with Crippen LogP contribution < -0.4 is 5.56 Å². The number of ether oxygens (including phenoxy) is 1. The molecule has 0 fully saturated rings. The molecule has 0 aliphatic heterocycles. The summed E-state index contributed by atoms with van der Waals surface area (Å²) in [5.74, 6) is 0.532. The maximum Gasteiger partial charge on any atom is 0.287 e. The third-order valence-electron chi connectivity index (χ3n) is 5.16. The Balaban J connectivity index is 1.73. The Kier molecular flexibility index (Phi) is 5.07. The van der Waals surface area contributed by atoms with Gasteiger partial charge in [-0.25, -0.2) is 9.38 Å². The van der Waals surface area contributed by atoms with E-state index in [4.69, 9.17) is 14.8 Å². The highest BCUT2D eigenvalue weighted by Crippen LogP contribution is 2.24. The molecule has 8 heteroatoms. The van der Waals surface area contributed by atoms with Crippen LogP contribution in [0.3, 0.4) is 0 Å². The molecule has 0 atom stereocenters. The van der Waals surface area contributed by atoms with E-state index < -0.39 is 0 Å². The maximum absolute atomic E-state index is 13.2. The molecule has 1 N–H and O–H groups in total. The van der Waals surface area contributed by atoms with Gasteiger partial charge in [0.15, 0.2) is 11.2 Å². The molecule has 0 saturated carbocycles. The van der Waals surface area contributed by atoms with Crippen LogP contribution in [0.2, 0.25) is 0 Å². The van der Waals surface area contributed by atoms with E-state index in [1.807, 2.05) is 59.3 Å². The van der Waals surface area contributed by atoms with Crippen LogP contribution in [-0.2, 0) is 18.0 Å². The Morgan fingerprint density at radius 1 is 1.00 bits per heavy atom. The summed E-state index contributed by atoms with van der Waals surface area (Å²) in [6.45, 7) is 0.843. The van der Waals surface area contributed by atoms with Crippen LogP contribution >= 0.6 is 0 Å². The lowest BCUT2D eigenvalue weighted by molar-refractivity contribution is 0.0499. The summed E-state index contributed by atoms with van der Waals surface area (Å²) < 4.78 is 10.7. The van der Waals surface area contributed by atoms with Gasteiger partial charge in [0, 0.05) is 6.20 Å². The van der Waals surface area contributed by atoms with E-state index in [9.17, 15) is 4.79 Å². The number of aliphatic hydroxyl groups excluding tert-OH is 1. The van der Waals surface area contributed by atoms with E-state index in [2.05, 4.69) is 17.1 Å². The van der Waals surface area contributed by atoms with Gasteiger partial charge >= 0.3 is 0 Å². The van der Waals surface area contributed by atoms with Gasteiger partial charge in [0.2, 0.25) is 5.78 Å². The summed E-state index contributed by atoms with van der Waals surface area (Å²) in [5.41, 5.74) is 3.49. The quantitative estimate of drug-likeness (QED) is 0.413. The molecule has 0 amide bonds. The van der Waals surface area contributed by atoms with Crippen molar-refractivity contribution in [3.05, 3.63) is 89.1 Å². The van der Waals surface area contributed by atoms with Gasteiger partial charge in [-0.1, -0.05) is 60.7 Å². The van der Waals surface area contributed by atoms with Crippen molar-refractivity contribution in [3.63, 3.8) is 0 Å². The molecule has 0 bridgehead atoms. The number of hydrogen-bond donors (Lipinski definition) is 1. The summed E-state index contributed by atoms with van der Waals surface area (Å²) in [6, 6.07) is 20.0. The molecule has 0 unspecified atom stereocenters. The van der Waals surface area contributed by atoms with E-state index in [0.29, 0.717) is 18.0 Å². The van der Waals surface area contributed by atoms with Gasteiger partial charge < -0.3 is 14.4 Å². The normalized spacial score (nSPS) is 11.5. The number of aliphatic hydroxyl groups is 1. The van der Waals surface area contributed by atoms with E-state index >= 15 is 0 Å². The fraction of sp³-hybridized carbons (Fsp3) is 0.174. The third kappa shape index (κ3) is 3.52. The van der Waals surface area contributed by atoms with Crippen molar-refractivity contribution >= 4 is 16.9 Å². The zero-order valence-electron chi connectivity index (χ0n) is 16.8. The van der Waals surface area contributed by atoms with Gasteiger partial charge in [0.25, 0.3) is 5.56 Å². The monoisotopic (exact) mass is 415 g/mol. The number of nitrogens with zero attached hydrogens (tertiary/aromatic N) is 5. The summed E-state index contributed by atoms with van der Waals surface area (Å²) in [4.78, 5) is 22.3. The number of imidazole rings is 2. The van der Waals surface area contributed by atoms with Crippen molar-refractivity contribution in [2.45, 2.75) is 13.3 Å². The van der Waals surface area contributed by atoms with Crippen LogP contribution in [0.25, 0.3) is 28.2 Å². The first-order valence-electron chi connectivity index (χ1n) is 10.0. The fourth-order valence-corrected chi connectivity index (χ4v) is 3.69. The SMILES string of the molecule is O=c1c2ncn(COCCO)c2nc2n(Cc3ccccc3)c(-c3ccccc3)cn12. The fourth-order valence-electron chi connectivity index (χ4n) is 3.69. The van der Waals surface area contributed by atoms with Gasteiger partial charge in [0.1, 0.15) is 6.73 Å². The van der Waals surface area contributed by atoms with Crippen molar-refractivity contribution in [3.8, 4) is 11.3 Å². The van der Waals surface area contributed by atoms with Gasteiger partial charge in [-0.2, -0.15) is 4.98 Å². The summed E-state index contributed by atoms with van der Waals surface area (Å²) >= 11 is 0. The molecule has 2 aromatic carbocycles. The Morgan fingerprint density at radius 2 is 1.74 bits per heavy atom. The molecule has 0 saturated heterocycles. The topological polar surface area (TPSA) is 86.6 Å². The second kappa shape index (κ2) is 8.17. The van der Waals surface area contributed by atoms with Crippen molar-refractivity contribution in [1.29, 1.82) is 0 Å². The molecule has 0 aliphatic rings. The molecule has 0 radical (unpaired) electrons. The van der Waals surface area contributed by atoms with E-state index in [0.717, 1.165) is 16.8 Å². The predicted octanol–water partition coefficient (Wildman–Crippen LogP) is 2.53. The van der Waals surface area contributed by atoms with Gasteiger partial charge in [0.05, 0.1) is 31.8 Å². The number of hydrogen-bond acceptors (Lipinski definition) is 5. The van der Waals surface area contributed by atoms with Crippen LogP contribution in [0.4, 0.5) is 0 Å². The first-order valence-corrected chi connectivity index (χ1v) is 10.0. The number of benzene rings is 2. The van der Waals surface area contributed by atoms with Crippen molar-refractivity contribution in [1.82, 2.24) is 23.5 Å². The smallest absolute Gasteiger partial charge is 0.287 e. The molecule has 0 aliphatic carbocycles. The van der Waals surface area contributed by atoms with Crippen LogP contribution in [0.1, 0.15) is 5.56 Å². The zero-order chi connectivity index (χ0) is 21.2. The van der Waals surface area contributed by atoms with Gasteiger partial charge in [-0.05, 0) is 11.1 Å². The van der Waals surface area contributed by atoms with Crippen LogP contribution in [0.5, 0.6) is 0 Å². The molecule has 3 aromatic heterocycles. The second-order valence-electron chi connectivity index (χ2n) is 7.19. The highest BCUT2D eigenvalue weighted by molar-refractivity contribution is 5.73. The summed E-state index contributed by atoms with van der Waals surface area (Å²) in [5, 5.41) is 8.96. The highest BCUT2D eigenvalue weighted by Gasteiger charge is 2.18. The molecule has 0 spiro atoms. The van der Waals surface area contributed by atoms with Crippen LogP contribution in [0, 0.1) is 0 Å². The minimum absolute atomic E-state index is 0.0761. The molecule has 3 heterocycles. The lowest BCUT2D eigenvalue weighted by Crippen LogP contribution is -2.16. The number of fused-ring (bicyclic) bond motifs is 2. The molecule has 8 nitrogen and oxygen atoms in total. The van der Waals surface area contributed by atoms with E-state index in [-0.39, 0.29) is 31.0 Å². The lowest BCUT2D eigenvalue weighted by atomic mass is 10.1. The molecular formula is C23H21N5O3. The van der Waals surface area contributed by atoms with Gasteiger partial charge in [-0.15, -0.1) is 0 Å². The molecular weight excluding hydrogens is 394 g/mol. The Bertz CT molecular complexity index is 1390. The molecule has 5 aromatic rings. The van der Waals surface area contributed by atoms with Crippen molar-refractivity contribution < 1.29 is 9.84 Å². The first-order chi connectivity index (χ1) is 15.3. The predicted molar refractivity (Wildman–Crippen MR) is 117 cm³/mol. The van der Waals surface area contributed by atoms with Crippen LogP contribution in [-0.4, -0.2) is 41.8 Å². The van der Waals surface area contributed by atoms with E-state index in [1.165, 1.54) is 6.33 Å². The third-order valence-corrected chi connectivity index (χ3v) is 5.16. The summed E-state index contributed by atoms with van der Waals surface area (Å²) in [6.07, 6.45) is 3.36. The molecule has 156 valence electrons. The Morgan fingerprint density at radius 3 is 2.48 bits per heavy atom. The average Bonchev–Trinajstić information content (AvgIpc) is 3.38. The Hall–Kier alpha value is -3.75. The Labute approximate surface area is 177 Å². The minimum Gasteiger partial charge on any atom is -0.394 e. The summed E-state index contributed by atoms with van der Waals surface area (Å²) in [7, 11) is 0. The zero-order valence-corrected chi connectivity index (χ0v) is 16.8. The lowest BCUT2D eigenvalue weighted by Gasteiger charge is -2.10. The molecule has 5 rings (SSSR count). The van der Waals surface area contributed by atoms with Crippen LogP contribution in [0.15, 0.2) is 78.0 Å². The molecule has 31 heavy (non-hydrogen) atoms. The van der Waals surface area contributed by atoms with Crippen molar-refractivity contribution in [2.24, 2.45) is 0 Å². The first kappa shape index (κ1) is 19.2. The number of aromatic nitrogens is 5. The average molecular weight is 415 g/mol. The second-order valence-corrected chi connectivity index (χ2v) is 7.19. The van der Waals surface area contributed by atoms with Gasteiger partial charge in [-0.3, -0.25) is 9.36 Å². The van der Waals surface area contributed by atoms with Crippen molar-refractivity contribution in [2.75, 3.05) is 13.2 Å². The maximum atomic E-state index is 13.2.